The largest absolute Gasteiger partial charge is 0.496 e. The SMILES string of the molecule is COc1ccc(C(=O)NCc2nnc3ccc(C(F)(F)F)cn23)c2ccccc12. The molecule has 0 spiro atoms. The number of carbonyl (C=O) groups excluding carboxylic acids is 1. The standard InChI is InChI=1S/C20H15F3N4O2/c1-29-16-8-7-15(13-4-2-3-5-14(13)16)19(28)24-10-18-26-25-17-9-6-12(11-27(17)18)20(21,22)23/h2-9,11H,10H2,1H3,(H,24,28). The molecule has 4 rings (SSSR count). The minimum atomic E-state index is -4.49. The van der Waals surface area contributed by atoms with Gasteiger partial charge in [0.05, 0.1) is 19.2 Å². The van der Waals surface area contributed by atoms with Gasteiger partial charge in [0.1, 0.15) is 5.75 Å². The first-order valence-corrected chi connectivity index (χ1v) is 8.63. The summed E-state index contributed by atoms with van der Waals surface area (Å²) in [6.07, 6.45) is -3.57. The Morgan fingerprint density at radius 1 is 1.07 bits per heavy atom. The van der Waals surface area contributed by atoms with Gasteiger partial charge in [0.2, 0.25) is 0 Å². The first-order valence-electron chi connectivity index (χ1n) is 8.63. The maximum Gasteiger partial charge on any atom is 0.417 e. The fraction of sp³-hybridized carbons (Fsp3) is 0.150. The molecule has 0 atom stereocenters. The third kappa shape index (κ3) is 3.46. The number of alkyl halides is 3. The molecule has 0 saturated heterocycles. The van der Waals surface area contributed by atoms with Crippen LogP contribution in [0.5, 0.6) is 5.75 Å². The number of hydrogen-bond acceptors (Lipinski definition) is 4. The third-order valence-corrected chi connectivity index (χ3v) is 4.56. The lowest BCUT2D eigenvalue weighted by molar-refractivity contribution is -0.137. The van der Waals surface area contributed by atoms with Crippen molar-refractivity contribution >= 4 is 22.3 Å². The minimum Gasteiger partial charge on any atom is -0.496 e. The van der Waals surface area contributed by atoms with Gasteiger partial charge < -0.3 is 10.1 Å². The van der Waals surface area contributed by atoms with Gasteiger partial charge in [-0.25, -0.2) is 0 Å². The van der Waals surface area contributed by atoms with Crippen LogP contribution in [0.4, 0.5) is 13.2 Å². The molecule has 29 heavy (non-hydrogen) atoms. The molecule has 2 aromatic heterocycles. The zero-order valence-corrected chi connectivity index (χ0v) is 15.2. The van der Waals surface area contributed by atoms with Crippen LogP contribution < -0.4 is 10.1 Å². The number of aromatic nitrogens is 3. The summed E-state index contributed by atoms with van der Waals surface area (Å²) in [6, 6.07) is 12.8. The fourth-order valence-corrected chi connectivity index (χ4v) is 3.13. The molecule has 0 fully saturated rings. The molecular weight excluding hydrogens is 385 g/mol. The average Bonchev–Trinajstić information content (AvgIpc) is 3.13. The van der Waals surface area contributed by atoms with Crippen LogP contribution >= 0.6 is 0 Å². The summed E-state index contributed by atoms with van der Waals surface area (Å²) in [5.74, 6) is 0.449. The molecule has 1 amide bonds. The van der Waals surface area contributed by atoms with Crippen molar-refractivity contribution in [3.63, 3.8) is 0 Å². The predicted molar refractivity (Wildman–Crippen MR) is 99.7 cm³/mol. The number of benzene rings is 2. The second-order valence-electron chi connectivity index (χ2n) is 6.30. The van der Waals surface area contributed by atoms with Crippen LogP contribution in [0.3, 0.4) is 0 Å². The van der Waals surface area contributed by atoms with E-state index in [1.807, 2.05) is 18.2 Å². The van der Waals surface area contributed by atoms with E-state index in [-0.39, 0.29) is 23.9 Å². The molecule has 0 radical (unpaired) electrons. The molecule has 0 aliphatic rings. The molecular formula is C20H15F3N4O2. The lowest BCUT2D eigenvalue weighted by Gasteiger charge is -2.11. The van der Waals surface area contributed by atoms with Gasteiger partial charge >= 0.3 is 6.18 Å². The van der Waals surface area contributed by atoms with Crippen molar-refractivity contribution in [2.45, 2.75) is 12.7 Å². The molecule has 2 aromatic carbocycles. The maximum atomic E-state index is 13.0. The Bertz CT molecular complexity index is 1220. The summed E-state index contributed by atoms with van der Waals surface area (Å²) in [5, 5.41) is 11.9. The number of hydrogen-bond donors (Lipinski definition) is 1. The molecule has 1 N–H and O–H groups in total. The normalized spacial score (nSPS) is 11.7. The molecule has 9 heteroatoms. The van der Waals surface area contributed by atoms with Gasteiger partial charge in [-0.15, -0.1) is 10.2 Å². The van der Waals surface area contributed by atoms with Gasteiger partial charge in [-0.1, -0.05) is 24.3 Å². The monoisotopic (exact) mass is 400 g/mol. The van der Waals surface area contributed by atoms with Crippen molar-refractivity contribution in [2.75, 3.05) is 7.11 Å². The Labute approximate surface area is 162 Å². The zero-order valence-electron chi connectivity index (χ0n) is 15.2. The van der Waals surface area contributed by atoms with Crippen LogP contribution in [-0.4, -0.2) is 27.6 Å². The summed E-state index contributed by atoms with van der Waals surface area (Å²) in [7, 11) is 1.55. The smallest absolute Gasteiger partial charge is 0.417 e. The molecule has 2 heterocycles. The van der Waals surface area contributed by atoms with Crippen molar-refractivity contribution in [3.8, 4) is 5.75 Å². The topological polar surface area (TPSA) is 68.5 Å². The van der Waals surface area contributed by atoms with Gasteiger partial charge in [0.25, 0.3) is 5.91 Å². The fourth-order valence-electron chi connectivity index (χ4n) is 3.13. The van der Waals surface area contributed by atoms with Crippen LogP contribution in [-0.2, 0) is 12.7 Å². The van der Waals surface area contributed by atoms with Crippen molar-refractivity contribution in [3.05, 3.63) is 71.7 Å². The van der Waals surface area contributed by atoms with Crippen LogP contribution in [0.15, 0.2) is 54.7 Å². The first kappa shape index (κ1) is 18.7. The molecule has 0 saturated carbocycles. The number of halogens is 3. The molecule has 0 bridgehead atoms. The number of ether oxygens (including phenoxy) is 1. The minimum absolute atomic E-state index is 0.0817. The van der Waals surface area contributed by atoms with Gasteiger partial charge in [-0.2, -0.15) is 13.2 Å². The maximum absolute atomic E-state index is 13.0. The average molecular weight is 400 g/mol. The highest BCUT2D eigenvalue weighted by molar-refractivity contribution is 6.08. The van der Waals surface area contributed by atoms with Gasteiger partial charge in [0.15, 0.2) is 11.5 Å². The third-order valence-electron chi connectivity index (χ3n) is 4.56. The van der Waals surface area contributed by atoms with Crippen molar-refractivity contribution in [1.29, 1.82) is 0 Å². The number of amides is 1. The highest BCUT2D eigenvalue weighted by Crippen LogP contribution is 2.30. The van der Waals surface area contributed by atoms with E-state index in [9.17, 15) is 18.0 Å². The van der Waals surface area contributed by atoms with Crippen molar-refractivity contribution in [2.24, 2.45) is 0 Å². The van der Waals surface area contributed by atoms with Gasteiger partial charge in [-0.05, 0) is 29.7 Å². The number of methoxy groups -OCH3 is 1. The van der Waals surface area contributed by atoms with Crippen LogP contribution in [0.25, 0.3) is 16.4 Å². The van der Waals surface area contributed by atoms with E-state index in [0.717, 1.165) is 17.6 Å². The summed E-state index contributed by atoms with van der Waals surface area (Å²) in [4.78, 5) is 12.7. The van der Waals surface area contributed by atoms with Gasteiger partial charge in [0, 0.05) is 17.1 Å². The Morgan fingerprint density at radius 3 is 2.55 bits per heavy atom. The van der Waals surface area contributed by atoms with E-state index in [2.05, 4.69) is 15.5 Å². The highest BCUT2D eigenvalue weighted by Gasteiger charge is 2.31. The lowest BCUT2D eigenvalue weighted by Crippen LogP contribution is -2.24. The summed E-state index contributed by atoms with van der Waals surface area (Å²) >= 11 is 0. The van der Waals surface area contributed by atoms with E-state index in [1.54, 1.807) is 25.3 Å². The predicted octanol–water partition coefficient (Wildman–Crippen LogP) is 3.84. The summed E-state index contributed by atoms with van der Waals surface area (Å²) in [6.45, 7) is -0.0817. The van der Waals surface area contributed by atoms with E-state index in [0.29, 0.717) is 16.7 Å². The number of nitrogens with zero attached hydrogens (tertiary/aromatic N) is 3. The number of carbonyl (C=O) groups is 1. The molecule has 0 aliphatic carbocycles. The van der Waals surface area contributed by atoms with Crippen LogP contribution in [0.1, 0.15) is 21.7 Å². The Morgan fingerprint density at radius 2 is 1.83 bits per heavy atom. The van der Waals surface area contributed by atoms with Crippen LogP contribution in [0, 0.1) is 0 Å². The summed E-state index contributed by atoms with van der Waals surface area (Å²) in [5.41, 5.74) is -0.137. The Hall–Kier alpha value is -3.62. The molecule has 0 unspecified atom stereocenters. The molecule has 148 valence electrons. The molecule has 6 nitrogen and oxygen atoms in total. The first-order chi connectivity index (χ1) is 13.9. The number of pyridine rings is 1. The van der Waals surface area contributed by atoms with E-state index in [4.69, 9.17) is 4.74 Å². The van der Waals surface area contributed by atoms with Gasteiger partial charge in [-0.3, -0.25) is 9.20 Å². The number of fused-ring (bicyclic) bond motifs is 2. The Kier molecular flexibility index (Phi) is 4.57. The van der Waals surface area contributed by atoms with Crippen molar-refractivity contribution in [1.82, 2.24) is 19.9 Å². The van der Waals surface area contributed by atoms with E-state index < -0.39 is 11.7 Å². The lowest BCUT2D eigenvalue weighted by atomic mass is 10.0. The quantitative estimate of drug-likeness (QED) is 0.565. The second kappa shape index (κ2) is 7.08. The van der Waals surface area contributed by atoms with E-state index in [1.165, 1.54) is 10.5 Å². The number of rotatable bonds is 4. The van der Waals surface area contributed by atoms with Crippen LogP contribution in [0.2, 0.25) is 0 Å². The zero-order chi connectivity index (χ0) is 20.6. The molecule has 0 aliphatic heterocycles. The van der Waals surface area contributed by atoms with Crippen molar-refractivity contribution < 1.29 is 22.7 Å². The second-order valence-corrected chi connectivity index (χ2v) is 6.30. The number of nitrogens with one attached hydrogen (secondary N) is 1. The Balaban J connectivity index is 1.62. The summed E-state index contributed by atoms with van der Waals surface area (Å²) < 4.78 is 45.4. The molecule has 4 aromatic rings. The highest BCUT2D eigenvalue weighted by atomic mass is 19.4. The van der Waals surface area contributed by atoms with E-state index >= 15 is 0 Å².